The third kappa shape index (κ3) is 3.52. The molecular formula is C9H12N2O4S. The molecule has 0 amide bonds. The van der Waals surface area contributed by atoms with E-state index in [1.165, 1.54) is 0 Å². The molecule has 0 aliphatic rings. The van der Waals surface area contributed by atoms with E-state index in [4.69, 9.17) is 15.4 Å². The molecule has 0 heterocycles. The summed E-state index contributed by atoms with van der Waals surface area (Å²) in [5.41, 5.74) is 6.42. The summed E-state index contributed by atoms with van der Waals surface area (Å²) in [5, 5.41) is 11.4. The van der Waals surface area contributed by atoms with Crippen LogP contribution in [0.5, 0.6) is 0 Å². The maximum absolute atomic E-state index is 10.8. The molecule has 0 aliphatic heterocycles. The third-order valence-corrected chi connectivity index (χ3v) is 2.52. The number of aliphatic carboxylic acids is 1. The highest BCUT2D eigenvalue weighted by atomic mass is 32.2. The van der Waals surface area contributed by atoms with Crippen LogP contribution in [0.3, 0.4) is 0 Å². The number of anilines is 2. The van der Waals surface area contributed by atoms with Crippen LogP contribution in [0.4, 0.5) is 11.4 Å². The van der Waals surface area contributed by atoms with E-state index < -0.39 is 28.8 Å². The van der Waals surface area contributed by atoms with E-state index in [0.29, 0.717) is 11.4 Å². The summed E-state index contributed by atoms with van der Waals surface area (Å²) in [6.45, 7) is 0. The van der Waals surface area contributed by atoms with Crippen molar-refractivity contribution in [1.82, 2.24) is 0 Å². The van der Waals surface area contributed by atoms with Gasteiger partial charge in [-0.15, -0.1) is 0 Å². The number of carbonyl (C=O) groups is 1. The first-order valence-corrected chi connectivity index (χ1v) is 5.69. The van der Waals surface area contributed by atoms with E-state index >= 15 is 0 Å². The number of carboxylic acid groups (broad SMARTS) is 1. The summed E-state index contributed by atoms with van der Waals surface area (Å²) >= 11 is -2.18. The summed E-state index contributed by atoms with van der Waals surface area (Å²) in [6, 6.07) is 5.46. The highest BCUT2D eigenvalue weighted by Gasteiger charge is 2.20. The number of nitrogen functional groups attached to an aromatic ring is 1. The molecule has 0 spiro atoms. The molecule has 1 aromatic rings. The lowest BCUT2D eigenvalue weighted by Gasteiger charge is -2.15. The topological polar surface area (TPSA) is 113 Å². The number of benzene rings is 1. The van der Waals surface area contributed by atoms with E-state index in [1.54, 1.807) is 24.3 Å². The van der Waals surface area contributed by atoms with Crippen molar-refractivity contribution in [1.29, 1.82) is 0 Å². The van der Waals surface area contributed by atoms with Crippen LogP contribution in [-0.4, -0.2) is 31.6 Å². The first-order chi connectivity index (χ1) is 7.50. The van der Waals surface area contributed by atoms with Crippen molar-refractivity contribution in [3.8, 4) is 0 Å². The summed E-state index contributed by atoms with van der Waals surface area (Å²) in [4.78, 5) is 10.8. The van der Waals surface area contributed by atoms with E-state index in [1.807, 2.05) is 0 Å². The lowest BCUT2D eigenvalue weighted by Crippen LogP contribution is -2.34. The molecule has 16 heavy (non-hydrogen) atoms. The van der Waals surface area contributed by atoms with Gasteiger partial charge in [0.05, 0.1) is 17.1 Å². The van der Waals surface area contributed by atoms with Crippen LogP contribution in [0, 0.1) is 0 Å². The largest absolute Gasteiger partial charge is 0.480 e. The zero-order chi connectivity index (χ0) is 12.1. The fraction of sp³-hybridized carbons (Fsp3) is 0.222. The molecule has 0 aliphatic carbocycles. The van der Waals surface area contributed by atoms with Gasteiger partial charge in [0, 0.05) is 0 Å². The average molecular weight is 244 g/mol. The van der Waals surface area contributed by atoms with Crippen molar-refractivity contribution in [3.63, 3.8) is 0 Å². The zero-order valence-corrected chi connectivity index (χ0v) is 9.11. The van der Waals surface area contributed by atoms with Gasteiger partial charge < -0.3 is 20.7 Å². The number of nitrogens with two attached hydrogens (primary N) is 1. The van der Waals surface area contributed by atoms with Gasteiger partial charge in [0.2, 0.25) is 0 Å². The Balaban J connectivity index is 2.80. The van der Waals surface area contributed by atoms with Crippen LogP contribution in [0.2, 0.25) is 0 Å². The summed E-state index contributed by atoms with van der Waals surface area (Å²) in [6.07, 6.45) is 0. The van der Waals surface area contributed by atoms with Crippen LogP contribution in [-0.2, 0) is 15.9 Å². The lowest BCUT2D eigenvalue weighted by atomic mass is 10.2. The van der Waals surface area contributed by atoms with Crippen molar-refractivity contribution in [2.24, 2.45) is 0 Å². The van der Waals surface area contributed by atoms with E-state index in [0.717, 1.165) is 0 Å². The SMILES string of the molecule is Nc1ccccc1N[C@@H](CS(=O)O)C(=O)O. The van der Waals surface area contributed by atoms with Gasteiger partial charge in [-0.25, -0.2) is 9.00 Å². The minimum absolute atomic E-state index is 0.387. The molecule has 0 saturated heterocycles. The molecular weight excluding hydrogens is 232 g/mol. The predicted octanol–water partition coefficient (Wildman–Crippen LogP) is 0.356. The standard InChI is InChI=1S/C9H12N2O4S/c10-6-3-1-2-4-7(6)11-8(9(12)13)5-16(14)15/h1-4,8,11H,5,10H2,(H,12,13)(H,14,15)/t8-/m0/s1. The monoisotopic (exact) mass is 244 g/mol. The van der Waals surface area contributed by atoms with Crippen LogP contribution >= 0.6 is 0 Å². The summed E-state index contributed by atoms with van der Waals surface area (Å²) in [7, 11) is 0. The molecule has 2 atom stereocenters. The summed E-state index contributed by atoms with van der Waals surface area (Å²) in [5.74, 6) is -1.60. The van der Waals surface area contributed by atoms with Crippen LogP contribution in [0.1, 0.15) is 0 Å². The highest BCUT2D eigenvalue weighted by molar-refractivity contribution is 7.79. The molecule has 6 nitrogen and oxygen atoms in total. The molecule has 0 radical (unpaired) electrons. The zero-order valence-electron chi connectivity index (χ0n) is 8.29. The van der Waals surface area contributed by atoms with Crippen LogP contribution in [0.15, 0.2) is 24.3 Å². The van der Waals surface area contributed by atoms with Crippen LogP contribution < -0.4 is 11.1 Å². The molecule has 1 aromatic carbocycles. The number of nitrogens with one attached hydrogen (secondary N) is 1. The Morgan fingerprint density at radius 3 is 2.62 bits per heavy atom. The van der Waals surface area contributed by atoms with E-state index in [9.17, 15) is 9.00 Å². The lowest BCUT2D eigenvalue weighted by molar-refractivity contribution is -0.137. The van der Waals surface area contributed by atoms with Gasteiger partial charge in [0.25, 0.3) is 0 Å². The van der Waals surface area contributed by atoms with Crippen molar-refractivity contribution in [2.75, 3.05) is 16.8 Å². The van der Waals surface area contributed by atoms with Gasteiger partial charge in [-0.1, -0.05) is 12.1 Å². The van der Waals surface area contributed by atoms with Gasteiger partial charge in [-0.05, 0) is 12.1 Å². The van der Waals surface area contributed by atoms with Crippen LogP contribution in [0.25, 0.3) is 0 Å². The minimum atomic E-state index is -2.18. The molecule has 88 valence electrons. The smallest absolute Gasteiger partial charge is 0.327 e. The maximum Gasteiger partial charge on any atom is 0.327 e. The summed E-state index contributed by atoms with van der Waals surface area (Å²) < 4.78 is 19.2. The molecule has 1 rings (SSSR count). The Labute approximate surface area is 94.7 Å². The molecule has 7 heteroatoms. The van der Waals surface area contributed by atoms with Gasteiger partial charge in [-0.3, -0.25) is 0 Å². The van der Waals surface area contributed by atoms with Gasteiger partial charge in [0.15, 0.2) is 11.1 Å². The van der Waals surface area contributed by atoms with Gasteiger partial charge in [-0.2, -0.15) is 0 Å². The molecule has 0 saturated carbocycles. The Bertz CT molecular complexity index is 410. The number of hydrogen-bond acceptors (Lipinski definition) is 4. The second-order valence-electron chi connectivity index (χ2n) is 3.11. The normalized spacial score (nSPS) is 14.1. The highest BCUT2D eigenvalue weighted by Crippen LogP contribution is 2.17. The molecule has 0 fully saturated rings. The average Bonchev–Trinajstić information content (AvgIpc) is 2.19. The number of carboxylic acids is 1. The number of rotatable bonds is 5. The van der Waals surface area contributed by atoms with E-state index in [2.05, 4.69) is 5.32 Å². The molecule has 1 unspecified atom stereocenters. The Hall–Kier alpha value is -1.60. The second kappa shape index (κ2) is 5.47. The molecule has 0 bridgehead atoms. The van der Waals surface area contributed by atoms with Crippen molar-refractivity contribution >= 4 is 28.4 Å². The van der Waals surface area contributed by atoms with Gasteiger partial charge >= 0.3 is 5.97 Å². The Morgan fingerprint density at radius 1 is 1.50 bits per heavy atom. The first kappa shape index (κ1) is 12.5. The fourth-order valence-electron chi connectivity index (χ4n) is 1.13. The number of para-hydroxylation sites is 2. The minimum Gasteiger partial charge on any atom is -0.480 e. The van der Waals surface area contributed by atoms with Gasteiger partial charge in [0.1, 0.15) is 6.04 Å². The Morgan fingerprint density at radius 2 is 2.12 bits per heavy atom. The fourth-order valence-corrected chi connectivity index (χ4v) is 1.64. The molecule has 5 N–H and O–H groups in total. The molecule has 0 aromatic heterocycles. The van der Waals surface area contributed by atoms with E-state index in [-0.39, 0.29) is 0 Å². The second-order valence-corrected chi connectivity index (χ2v) is 4.09. The van der Waals surface area contributed by atoms with Crippen molar-refractivity contribution in [2.45, 2.75) is 6.04 Å². The Kier molecular flexibility index (Phi) is 4.27. The van der Waals surface area contributed by atoms with Crippen molar-refractivity contribution < 1.29 is 18.7 Å². The predicted molar refractivity (Wildman–Crippen MR) is 61.5 cm³/mol. The quantitative estimate of drug-likeness (QED) is 0.439. The number of hydrogen-bond donors (Lipinski definition) is 4. The first-order valence-electron chi connectivity index (χ1n) is 4.42. The van der Waals surface area contributed by atoms with Crippen molar-refractivity contribution in [3.05, 3.63) is 24.3 Å². The maximum atomic E-state index is 10.8. The third-order valence-electron chi connectivity index (χ3n) is 1.90.